The van der Waals surface area contributed by atoms with E-state index < -0.39 is 0 Å². The fourth-order valence-corrected chi connectivity index (χ4v) is 4.11. The molecule has 2 N–H and O–H groups in total. The number of nitrogens with two attached hydrogens (primary N) is 1. The highest BCUT2D eigenvalue weighted by Gasteiger charge is 2.28. The Hall–Kier alpha value is 0.230. The fourth-order valence-electron chi connectivity index (χ4n) is 3.60. The van der Waals surface area contributed by atoms with Gasteiger partial charge in [0, 0.05) is 18.6 Å². The molecule has 0 radical (unpaired) electrons. The number of thioether (sulfide) groups is 1. The van der Waals surface area contributed by atoms with E-state index in [2.05, 4.69) is 16.1 Å². The smallest absolute Gasteiger partial charge is 0.0226 e. The lowest BCUT2D eigenvalue weighted by molar-refractivity contribution is 0.0731. The first kappa shape index (κ1) is 15.6. The van der Waals surface area contributed by atoms with Gasteiger partial charge < -0.3 is 10.6 Å². The van der Waals surface area contributed by atoms with Crippen LogP contribution in [0.5, 0.6) is 0 Å². The lowest BCUT2D eigenvalue weighted by Crippen LogP contribution is -2.51. The van der Waals surface area contributed by atoms with Crippen LogP contribution in [-0.4, -0.2) is 66.6 Å². The predicted octanol–water partition coefficient (Wildman–Crippen LogP) is 2.02. The van der Waals surface area contributed by atoms with Gasteiger partial charge in [-0.2, -0.15) is 11.8 Å². The van der Waals surface area contributed by atoms with E-state index in [1.807, 2.05) is 11.8 Å². The van der Waals surface area contributed by atoms with Crippen molar-refractivity contribution in [1.29, 1.82) is 0 Å². The Bertz CT molecular complexity index is 236. The number of rotatable bonds is 6. The lowest BCUT2D eigenvalue weighted by atomic mass is 9.98. The number of likely N-dealkylation sites (tertiary alicyclic amines) is 2. The maximum atomic E-state index is 5.96. The Balaban J connectivity index is 1.74. The molecule has 0 amide bonds. The summed E-state index contributed by atoms with van der Waals surface area (Å²) in [4.78, 5) is 5.40. The molecule has 19 heavy (non-hydrogen) atoms. The summed E-state index contributed by atoms with van der Waals surface area (Å²) >= 11 is 1.94. The maximum Gasteiger partial charge on any atom is 0.0226 e. The Morgan fingerprint density at radius 2 is 1.79 bits per heavy atom. The van der Waals surface area contributed by atoms with Gasteiger partial charge in [0.15, 0.2) is 0 Å². The van der Waals surface area contributed by atoms with Crippen LogP contribution in [0.3, 0.4) is 0 Å². The van der Waals surface area contributed by atoms with Gasteiger partial charge in [-0.15, -0.1) is 0 Å². The SMILES string of the molecule is CSCCC(CN)N1CCC(N2CCCCC2)CC1. The van der Waals surface area contributed by atoms with Gasteiger partial charge in [-0.05, 0) is 70.3 Å². The van der Waals surface area contributed by atoms with Crippen LogP contribution in [-0.2, 0) is 0 Å². The lowest BCUT2D eigenvalue weighted by Gasteiger charge is -2.42. The molecule has 0 aromatic heterocycles. The average molecular weight is 286 g/mol. The molecule has 0 bridgehead atoms. The first-order chi connectivity index (χ1) is 9.35. The van der Waals surface area contributed by atoms with E-state index in [1.54, 1.807) is 0 Å². The van der Waals surface area contributed by atoms with Gasteiger partial charge in [-0.1, -0.05) is 6.42 Å². The van der Waals surface area contributed by atoms with Crippen molar-refractivity contribution in [3.05, 3.63) is 0 Å². The topological polar surface area (TPSA) is 32.5 Å². The molecule has 0 aliphatic carbocycles. The second-order valence-electron chi connectivity index (χ2n) is 6.03. The monoisotopic (exact) mass is 285 g/mol. The van der Waals surface area contributed by atoms with Crippen molar-refractivity contribution >= 4 is 11.8 Å². The first-order valence-corrected chi connectivity index (χ1v) is 9.41. The van der Waals surface area contributed by atoms with Crippen LogP contribution < -0.4 is 5.73 Å². The number of hydrogen-bond donors (Lipinski definition) is 1. The summed E-state index contributed by atoms with van der Waals surface area (Å²) < 4.78 is 0. The fraction of sp³-hybridized carbons (Fsp3) is 1.00. The molecular formula is C15H31N3S. The van der Waals surface area contributed by atoms with Crippen molar-refractivity contribution < 1.29 is 0 Å². The van der Waals surface area contributed by atoms with E-state index in [0.29, 0.717) is 6.04 Å². The Morgan fingerprint density at radius 1 is 1.11 bits per heavy atom. The van der Waals surface area contributed by atoms with E-state index in [9.17, 15) is 0 Å². The van der Waals surface area contributed by atoms with E-state index in [4.69, 9.17) is 5.73 Å². The van der Waals surface area contributed by atoms with Crippen molar-refractivity contribution in [2.45, 2.75) is 50.6 Å². The Morgan fingerprint density at radius 3 is 2.37 bits per heavy atom. The van der Waals surface area contributed by atoms with Gasteiger partial charge in [0.05, 0.1) is 0 Å². The van der Waals surface area contributed by atoms with Gasteiger partial charge in [-0.25, -0.2) is 0 Å². The van der Waals surface area contributed by atoms with Crippen LogP contribution in [0.2, 0.25) is 0 Å². The molecule has 2 saturated heterocycles. The molecule has 4 heteroatoms. The second-order valence-corrected chi connectivity index (χ2v) is 7.02. The molecule has 112 valence electrons. The maximum absolute atomic E-state index is 5.96. The third-order valence-corrected chi connectivity index (χ3v) is 5.49. The molecule has 2 aliphatic heterocycles. The van der Waals surface area contributed by atoms with E-state index in [0.717, 1.165) is 12.6 Å². The standard InChI is InChI=1S/C15H31N3S/c1-19-12-7-15(13-16)18-10-5-14(6-11-18)17-8-3-2-4-9-17/h14-15H,2-13,16H2,1H3. The van der Waals surface area contributed by atoms with Crippen molar-refractivity contribution in [2.75, 3.05) is 44.7 Å². The Kier molecular flexibility index (Phi) is 6.99. The van der Waals surface area contributed by atoms with Crippen molar-refractivity contribution in [3.8, 4) is 0 Å². The zero-order chi connectivity index (χ0) is 13.5. The van der Waals surface area contributed by atoms with Crippen LogP contribution in [0.1, 0.15) is 38.5 Å². The summed E-state index contributed by atoms with van der Waals surface area (Å²) in [6, 6.07) is 1.48. The van der Waals surface area contributed by atoms with Gasteiger partial charge in [0.2, 0.25) is 0 Å². The minimum absolute atomic E-state index is 0.620. The van der Waals surface area contributed by atoms with Gasteiger partial charge in [-0.3, -0.25) is 4.90 Å². The number of nitrogens with zero attached hydrogens (tertiary/aromatic N) is 2. The quantitative estimate of drug-likeness (QED) is 0.809. The van der Waals surface area contributed by atoms with Crippen LogP contribution in [0.25, 0.3) is 0 Å². The molecule has 2 rings (SSSR count). The third kappa shape index (κ3) is 4.62. The molecule has 1 unspecified atom stereocenters. The first-order valence-electron chi connectivity index (χ1n) is 8.02. The number of piperidine rings is 2. The van der Waals surface area contributed by atoms with Gasteiger partial charge in [0.1, 0.15) is 0 Å². The molecule has 0 spiro atoms. The molecular weight excluding hydrogens is 254 g/mol. The third-order valence-electron chi connectivity index (χ3n) is 4.85. The summed E-state index contributed by atoms with van der Waals surface area (Å²) in [6.07, 6.45) is 10.4. The minimum Gasteiger partial charge on any atom is -0.329 e. The van der Waals surface area contributed by atoms with Crippen molar-refractivity contribution in [3.63, 3.8) is 0 Å². The van der Waals surface area contributed by atoms with Crippen LogP contribution in [0.4, 0.5) is 0 Å². The summed E-state index contributed by atoms with van der Waals surface area (Å²) in [7, 11) is 0. The molecule has 3 nitrogen and oxygen atoms in total. The largest absolute Gasteiger partial charge is 0.329 e. The number of hydrogen-bond acceptors (Lipinski definition) is 4. The highest BCUT2D eigenvalue weighted by atomic mass is 32.2. The van der Waals surface area contributed by atoms with E-state index in [1.165, 1.54) is 70.5 Å². The zero-order valence-corrected chi connectivity index (χ0v) is 13.3. The molecule has 1 atom stereocenters. The second kappa shape index (κ2) is 8.50. The van der Waals surface area contributed by atoms with Gasteiger partial charge in [0.25, 0.3) is 0 Å². The predicted molar refractivity (Wildman–Crippen MR) is 85.9 cm³/mol. The molecule has 2 fully saturated rings. The highest BCUT2D eigenvalue weighted by Crippen LogP contribution is 2.22. The van der Waals surface area contributed by atoms with Crippen molar-refractivity contribution in [2.24, 2.45) is 5.73 Å². The van der Waals surface area contributed by atoms with E-state index >= 15 is 0 Å². The van der Waals surface area contributed by atoms with Crippen molar-refractivity contribution in [1.82, 2.24) is 9.80 Å². The molecule has 2 heterocycles. The Labute approximate surface area is 123 Å². The highest BCUT2D eigenvalue weighted by molar-refractivity contribution is 7.98. The van der Waals surface area contributed by atoms with E-state index in [-0.39, 0.29) is 0 Å². The van der Waals surface area contributed by atoms with Crippen LogP contribution in [0.15, 0.2) is 0 Å². The molecule has 0 saturated carbocycles. The molecule has 2 aliphatic rings. The van der Waals surface area contributed by atoms with Crippen LogP contribution >= 0.6 is 11.8 Å². The summed E-state index contributed by atoms with van der Waals surface area (Å²) in [5.41, 5.74) is 5.96. The van der Waals surface area contributed by atoms with Gasteiger partial charge >= 0.3 is 0 Å². The molecule has 0 aromatic rings. The zero-order valence-electron chi connectivity index (χ0n) is 12.5. The summed E-state index contributed by atoms with van der Waals surface area (Å²) in [5, 5.41) is 0. The minimum atomic E-state index is 0.620. The normalized spacial score (nSPS) is 25.6. The summed E-state index contributed by atoms with van der Waals surface area (Å²) in [5.74, 6) is 1.24. The van der Waals surface area contributed by atoms with Crippen LogP contribution in [0, 0.1) is 0 Å². The average Bonchev–Trinajstić information content (AvgIpc) is 2.49. The summed E-state index contributed by atoms with van der Waals surface area (Å²) in [6.45, 7) is 6.04. The molecule has 0 aromatic carbocycles.